The molecule has 18 nitrogen and oxygen atoms in total. The van der Waals surface area contributed by atoms with Crippen molar-refractivity contribution >= 4 is 34.8 Å². The Morgan fingerprint density at radius 3 is 1.66 bits per heavy atom. The minimum Gasteiger partial charge on any atom is -0.461 e. The molecule has 0 spiro atoms. The van der Waals surface area contributed by atoms with Crippen molar-refractivity contribution in [3.8, 4) is 12.0 Å². The third-order valence-electron chi connectivity index (χ3n) is 19.7. The minimum absolute atomic E-state index is 0.00700. The third kappa shape index (κ3) is 11.1. The Morgan fingerprint density at radius 2 is 1.16 bits per heavy atom. The summed E-state index contributed by atoms with van der Waals surface area (Å²) in [6, 6.07) is 1.55. The van der Waals surface area contributed by atoms with Gasteiger partial charge in [0.15, 0.2) is 11.6 Å². The van der Waals surface area contributed by atoms with E-state index in [4.69, 9.17) is 44.6 Å². The lowest BCUT2D eigenvalue weighted by Gasteiger charge is -2.42. The Kier molecular flexibility index (Phi) is 16.4. The number of amides is 2. The van der Waals surface area contributed by atoms with Crippen molar-refractivity contribution in [1.29, 1.82) is 0 Å². The van der Waals surface area contributed by atoms with Gasteiger partial charge in [0.2, 0.25) is 11.8 Å². The Bertz CT molecular complexity index is 3420. The molecule has 8 aliphatic heterocycles. The van der Waals surface area contributed by atoms with Crippen LogP contribution in [0.4, 0.5) is 58.1 Å². The Balaban J connectivity index is 0.824. The smallest absolute Gasteiger partial charge is 0.417 e. The molecule has 2 unspecified atom stereocenters. The number of carbonyl (C=O) groups excluding carboxylic acids is 2. The number of halogens is 8. The van der Waals surface area contributed by atoms with Gasteiger partial charge in [-0.05, 0) is 128 Å². The van der Waals surface area contributed by atoms with Crippen LogP contribution in [-0.2, 0) is 57.5 Å². The average molecular weight is 1240 g/mol. The number of fused-ring (bicyclic) bond motifs is 4. The van der Waals surface area contributed by atoms with E-state index in [1.165, 1.54) is 32.1 Å². The molecule has 6 fully saturated rings. The van der Waals surface area contributed by atoms with Crippen molar-refractivity contribution in [1.82, 2.24) is 39.5 Å². The number of piperazine rings is 2. The molecule has 12 rings (SSSR count). The van der Waals surface area contributed by atoms with Gasteiger partial charge in [0.05, 0.1) is 76.6 Å². The summed E-state index contributed by atoms with van der Waals surface area (Å²) >= 11 is 0. The fraction of sp³-hybridized carbons (Fsp3) is 0.581. The predicted molar refractivity (Wildman–Crippen MR) is 309 cm³/mol. The molecule has 26 heteroatoms. The van der Waals surface area contributed by atoms with Crippen LogP contribution >= 0.6 is 0 Å². The maximum absolute atomic E-state index is 17.7. The Labute approximate surface area is 505 Å². The highest BCUT2D eigenvalue weighted by Crippen LogP contribution is 2.50. The molecule has 6 saturated heterocycles. The highest BCUT2D eigenvalue weighted by atomic mass is 19.4. The number of hydrogen-bond acceptors (Lipinski definition) is 16. The molecule has 0 bridgehead atoms. The number of alkyl halides is 6. The van der Waals surface area contributed by atoms with Crippen LogP contribution in [0.1, 0.15) is 133 Å². The summed E-state index contributed by atoms with van der Waals surface area (Å²) < 4.78 is 150. The van der Waals surface area contributed by atoms with Crippen LogP contribution in [0.3, 0.4) is 0 Å². The lowest BCUT2D eigenvalue weighted by atomic mass is 9.91. The zero-order chi connectivity index (χ0) is 62.4. The molecule has 6 atom stereocenters. The number of rotatable bonds is 14. The second kappa shape index (κ2) is 23.5. The second-order valence-electron chi connectivity index (χ2n) is 25.0. The van der Waals surface area contributed by atoms with Crippen LogP contribution in [0, 0.1) is 25.5 Å². The van der Waals surface area contributed by atoms with Gasteiger partial charge in [0.1, 0.15) is 24.8 Å². The monoisotopic (exact) mass is 1230 g/mol. The second-order valence-corrected chi connectivity index (χ2v) is 25.0. The fourth-order valence-corrected chi connectivity index (χ4v) is 15.5. The molecule has 88 heavy (non-hydrogen) atoms. The minimum atomic E-state index is -4.98. The van der Waals surface area contributed by atoms with Crippen molar-refractivity contribution in [2.24, 2.45) is 0 Å². The number of nitrogens with zero attached hydrogens (tertiary/aromatic N) is 10. The van der Waals surface area contributed by atoms with Gasteiger partial charge in [0, 0.05) is 93.0 Å². The third-order valence-corrected chi connectivity index (χ3v) is 19.7. The number of nitrogens with two attached hydrogens (primary N) is 1. The number of aromatic nitrogens is 4. The molecule has 3 N–H and O–H groups in total. The number of nitrogens with one attached hydrogen (secondary N) is 1. The van der Waals surface area contributed by atoms with Gasteiger partial charge in [-0.1, -0.05) is 13.2 Å². The maximum Gasteiger partial charge on any atom is 0.417 e. The Morgan fingerprint density at radius 1 is 0.682 bits per heavy atom. The molecule has 0 radical (unpaired) electrons. The molecular weight excluding hydrogens is 1160 g/mol. The first-order valence-corrected chi connectivity index (χ1v) is 30.4. The average Bonchev–Trinajstić information content (AvgIpc) is 0.973. The first-order chi connectivity index (χ1) is 41.9. The predicted octanol–water partition coefficient (Wildman–Crippen LogP) is 9.31. The molecule has 0 aliphatic carbocycles. The first-order valence-electron chi connectivity index (χ1n) is 30.4. The standard InChI is InChI=1S/C62H74F8N12O6/c1-7-47(83)77-20-22-80(36(5)28-77)55-39-31-86-45(27-42(39)73-57(75-55)87-32-59-13-9-17-79(59)18-10-14-59)50-52(62(68,69)70)35(4)25-43(54(50)64)72-46-12-16-60(15-11-19-82(46)60)33-88-58-74-41-26-44(49-51(61(65,66)67)34(3)24-40(71)53(49)63)85-30-38(41)56(76-58)81-23-21-78(29-37(81)6)48(84)8-2/h7-8,24-25,36-37,44-46,72H,1-2,9-23,26-33,71H2,3-6H3/t36-,37-,44-,45+,46?,60?/m0/s1. The van der Waals surface area contributed by atoms with Gasteiger partial charge in [0.25, 0.3) is 0 Å². The number of aryl methyl sites for hydroxylation is 2. The van der Waals surface area contributed by atoms with Crippen LogP contribution in [0.25, 0.3) is 0 Å². The van der Waals surface area contributed by atoms with E-state index >= 15 is 22.0 Å². The first kappa shape index (κ1) is 61.3. The van der Waals surface area contributed by atoms with Gasteiger partial charge in [-0.15, -0.1) is 0 Å². The Hall–Kier alpha value is -6.90. The van der Waals surface area contributed by atoms with E-state index in [-0.39, 0.29) is 96.6 Å². The van der Waals surface area contributed by atoms with Crippen LogP contribution < -0.4 is 30.3 Å². The number of benzene rings is 2. The molecule has 2 amide bonds. The molecule has 8 aliphatic rings. The number of anilines is 4. The van der Waals surface area contributed by atoms with Gasteiger partial charge >= 0.3 is 24.4 Å². The summed E-state index contributed by atoms with van der Waals surface area (Å²) in [7, 11) is 0. The fourth-order valence-electron chi connectivity index (χ4n) is 15.5. The number of hydrogen-bond donors (Lipinski definition) is 2. The maximum atomic E-state index is 17.7. The number of carbonyl (C=O) groups is 2. The van der Waals surface area contributed by atoms with E-state index in [0.29, 0.717) is 107 Å². The summed E-state index contributed by atoms with van der Waals surface area (Å²) in [4.78, 5) is 56.8. The van der Waals surface area contributed by atoms with E-state index in [2.05, 4.69) is 28.3 Å². The molecule has 2 aromatic carbocycles. The van der Waals surface area contributed by atoms with Crippen LogP contribution in [0.5, 0.6) is 12.0 Å². The number of nitrogen functional groups attached to an aromatic ring is 1. The molecule has 0 saturated carbocycles. The van der Waals surface area contributed by atoms with E-state index < -0.39 is 75.8 Å². The van der Waals surface area contributed by atoms with Gasteiger partial charge < -0.3 is 49.6 Å². The van der Waals surface area contributed by atoms with Crippen LogP contribution in [-0.4, -0.2) is 153 Å². The van der Waals surface area contributed by atoms with E-state index in [0.717, 1.165) is 44.8 Å². The van der Waals surface area contributed by atoms with Crippen molar-refractivity contribution < 1.29 is 63.7 Å². The van der Waals surface area contributed by atoms with Crippen molar-refractivity contribution in [3.63, 3.8) is 0 Å². The summed E-state index contributed by atoms with van der Waals surface area (Å²) in [5.41, 5.74) is 1.94. The van der Waals surface area contributed by atoms with E-state index in [9.17, 15) is 22.8 Å². The lowest BCUT2D eigenvalue weighted by Crippen LogP contribution is -2.54. The molecule has 474 valence electrons. The van der Waals surface area contributed by atoms with E-state index in [1.807, 2.05) is 23.6 Å². The molecule has 2 aromatic heterocycles. The highest BCUT2D eigenvalue weighted by Gasteiger charge is 2.52. The van der Waals surface area contributed by atoms with Gasteiger partial charge in [-0.2, -0.15) is 46.3 Å². The van der Waals surface area contributed by atoms with Crippen LogP contribution in [0.15, 0.2) is 37.4 Å². The SMILES string of the molecule is C=CC(=O)N1CCN(c2nc(OCC34CCCN3C(Nc3cc(C)c(C(F)(F)F)c([C@H]5Cc6nc(OCC78CCCN7CCC8)nc(N7CCN(C(=O)C=C)C[C@@H]7C)c6CO5)c3F)CC4)nc3c2CO[C@H](c2c(F)c(N)cc(C)c2C(F)(F)F)C3)[C@@H](C)C1. The summed E-state index contributed by atoms with van der Waals surface area (Å²) in [5.74, 6) is -1.94. The number of ether oxygens (including phenoxy) is 4. The topological polar surface area (TPSA) is 180 Å². The van der Waals surface area contributed by atoms with Crippen molar-refractivity contribution in [2.75, 3.05) is 93.0 Å². The van der Waals surface area contributed by atoms with Gasteiger partial charge in [-0.3, -0.25) is 19.4 Å². The highest BCUT2D eigenvalue weighted by molar-refractivity contribution is 5.87. The van der Waals surface area contributed by atoms with Crippen molar-refractivity contribution in [3.05, 3.63) is 105 Å². The summed E-state index contributed by atoms with van der Waals surface area (Å²) in [6.45, 7) is 17.9. The van der Waals surface area contributed by atoms with Gasteiger partial charge in [-0.25, -0.2) is 8.78 Å². The van der Waals surface area contributed by atoms with Crippen molar-refractivity contribution in [2.45, 2.75) is 159 Å². The summed E-state index contributed by atoms with van der Waals surface area (Å²) in [5, 5.41) is 3.30. The summed E-state index contributed by atoms with van der Waals surface area (Å²) in [6.07, 6.45) is -5.13. The zero-order valence-corrected chi connectivity index (χ0v) is 49.9. The molecule has 4 aromatic rings. The zero-order valence-electron chi connectivity index (χ0n) is 49.9. The quantitative estimate of drug-likeness (QED) is 0.0692. The molecule has 10 heterocycles. The van der Waals surface area contributed by atoms with E-state index in [1.54, 1.807) is 9.80 Å². The normalized spacial score (nSPS) is 25.5. The largest absolute Gasteiger partial charge is 0.461 e. The molecular formula is C62H74F8N12O6. The van der Waals surface area contributed by atoms with Crippen LogP contribution in [0.2, 0.25) is 0 Å². The lowest BCUT2D eigenvalue weighted by molar-refractivity contribution is -0.141.